The summed E-state index contributed by atoms with van der Waals surface area (Å²) in [6.07, 6.45) is 0.876. The summed E-state index contributed by atoms with van der Waals surface area (Å²) >= 11 is 0. The Morgan fingerprint density at radius 2 is 2.38 bits per heavy atom. The van der Waals surface area contributed by atoms with Crippen molar-refractivity contribution < 1.29 is 19.1 Å². The number of piperidine rings is 1. The van der Waals surface area contributed by atoms with E-state index in [-0.39, 0.29) is 18.7 Å². The number of hydrogen-bond acceptors (Lipinski definition) is 4. The van der Waals surface area contributed by atoms with E-state index in [4.69, 9.17) is 0 Å². The van der Waals surface area contributed by atoms with Crippen molar-refractivity contribution in [2.75, 3.05) is 20.2 Å². The summed E-state index contributed by atoms with van der Waals surface area (Å²) in [4.78, 5) is 34.1. The maximum atomic E-state index is 11.2. The number of hydrogen-bond donors (Lipinski definition) is 0. The topological polar surface area (TPSA) is 63.7 Å². The molecule has 1 unspecified atom stereocenters. The van der Waals surface area contributed by atoms with Crippen molar-refractivity contribution in [1.82, 2.24) is 4.90 Å². The molecular weight excluding hydrogens is 174 g/mol. The highest BCUT2D eigenvalue weighted by molar-refractivity contribution is 6.00. The summed E-state index contributed by atoms with van der Waals surface area (Å²) in [6, 6.07) is 0. The molecule has 0 spiro atoms. The van der Waals surface area contributed by atoms with Crippen molar-refractivity contribution in [2.45, 2.75) is 6.42 Å². The number of likely N-dealkylation sites (tertiary alicyclic amines) is 1. The van der Waals surface area contributed by atoms with E-state index in [1.165, 1.54) is 12.0 Å². The van der Waals surface area contributed by atoms with Crippen molar-refractivity contribution in [3.05, 3.63) is 0 Å². The average Bonchev–Trinajstić information content (AvgIpc) is 2.17. The normalized spacial score (nSPS) is 22.7. The van der Waals surface area contributed by atoms with Gasteiger partial charge in [0.1, 0.15) is 5.92 Å². The molecule has 1 atom stereocenters. The van der Waals surface area contributed by atoms with Crippen LogP contribution in [0, 0.1) is 5.92 Å². The van der Waals surface area contributed by atoms with Gasteiger partial charge in [0.25, 0.3) is 0 Å². The van der Waals surface area contributed by atoms with Gasteiger partial charge in [0.2, 0.25) is 6.41 Å². The summed E-state index contributed by atoms with van der Waals surface area (Å²) in [5.74, 6) is -1.49. The van der Waals surface area contributed by atoms with Crippen LogP contribution in [0.2, 0.25) is 0 Å². The minimum atomic E-state index is -0.788. The number of carbonyl (C=O) groups excluding carboxylic acids is 3. The lowest BCUT2D eigenvalue weighted by Crippen LogP contribution is -2.43. The van der Waals surface area contributed by atoms with Crippen LogP contribution in [0.4, 0.5) is 0 Å². The Morgan fingerprint density at radius 3 is 2.92 bits per heavy atom. The zero-order chi connectivity index (χ0) is 9.84. The molecule has 5 nitrogen and oxygen atoms in total. The third-order valence-electron chi connectivity index (χ3n) is 2.09. The van der Waals surface area contributed by atoms with Gasteiger partial charge in [0.05, 0.1) is 7.11 Å². The first-order valence-electron chi connectivity index (χ1n) is 3.99. The van der Waals surface area contributed by atoms with E-state index in [2.05, 4.69) is 4.74 Å². The number of carbonyl (C=O) groups is 3. The highest BCUT2D eigenvalue weighted by Gasteiger charge is 2.32. The first kappa shape index (κ1) is 9.70. The number of methoxy groups -OCH3 is 1. The Bertz CT molecular complexity index is 230. The maximum absolute atomic E-state index is 11.2. The van der Waals surface area contributed by atoms with E-state index < -0.39 is 11.9 Å². The fourth-order valence-corrected chi connectivity index (χ4v) is 1.30. The van der Waals surface area contributed by atoms with Crippen LogP contribution in [-0.4, -0.2) is 43.3 Å². The molecule has 0 aromatic carbocycles. The quantitative estimate of drug-likeness (QED) is 0.321. The summed E-state index contributed by atoms with van der Waals surface area (Å²) in [5.41, 5.74) is 0. The van der Waals surface area contributed by atoms with Crippen LogP contribution in [0.3, 0.4) is 0 Å². The van der Waals surface area contributed by atoms with Gasteiger partial charge in [-0.1, -0.05) is 0 Å². The monoisotopic (exact) mass is 185 g/mol. The van der Waals surface area contributed by atoms with E-state index in [1.807, 2.05) is 0 Å². The first-order chi connectivity index (χ1) is 6.19. The van der Waals surface area contributed by atoms with Crippen LogP contribution < -0.4 is 0 Å². The predicted octanol–water partition coefficient (Wildman–Crippen LogP) is -0.793. The van der Waals surface area contributed by atoms with Crippen LogP contribution in [0.25, 0.3) is 0 Å². The second kappa shape index (κ2) is 4.02. The van der Waals surface area contributed by atoms with Gasteiger partial charge in [-0.15, -0.1) is 0 Å². The Balaban J connectivity index is 2.65. The molecule has 0 aromatic rings. The molecule has 1 fully saturated rings. The second-order valence-corrected chi connectivity index (χ2v) is 2.89. The minimum absolute atomic E-state index is 0.148. The average molecular weight is 185 g/mol. The van der Waals surface area contributed by atoms with Gasteiger partial charge in [-0.3, -0.25) is 14.4 Å². The highest BCUT2D eigenvalue weighted by atomic mass is 16.5. The van der Waals surface area contributed by atoms with E-state index >= 15 is 0 Å². The van der Waals surface area contributed by atoms with Crippen molar-refractivity contribution >= 4 is 18.2 Å². The first-order valence-corrected chi connectivity index (χ1v) is 3.99. The summed E-state index contributed by atoms with van der Waals surface area (Å²) < 4.78 is 4.45. The lowest BCUT2D eigenvalue weighted by molar-refractivity contribution is -0.152. The van der Waals surface area contributed by atoms with Crippen LogP contribution in [0.5, 0.6) is 0 Å². The van der Waals surface area contributed by atoms with Gasteiger partial charge in [-0.25, -0.2) is 0 Å². The van der Waals surface area contributed by atoms with Gasteiger partial charge < -0.3 is 9.64 Å². The number of ether oxygens (including phenoxy) is 1. The molecule has 5 heteroatoms. The molecule has 0 radical (unpaired) electrons. The van der Waals surface area contributed by atoms with Crippen LogP contribution in [0.15, 0.2) is 0 Å². The van der Waals surface area contributed by atoms with E-state index in [1.54, 1.807) is 0 Å². The lowest BCUT2D eigenvalue weighted by Gasteiger charge is -2.26. The van der Waals surface area contributed by atoms with Crippen molar-refractivity contribution in [3.8, 4) is 0 Å². The molecule has 13 heavy (non-hydrogen) atoms. The molecule has 1 aliphatic rings. The molecule has 1 saturated heterocycles. The summed E-state index contributed by atoms with van der Waals surface area (Å²) in [7, 11) is 1.23. The molecule has 1 rings (SSSR count). The molecular formula is C8H11NO4. The number of Topliss-reactive ketones (excluding diaryl/α,β-unsaturated/α-hetero) is 1. The molecule has 0 bridgehead atoms. The van der Waals surface area contributed by atoms with Crippen molar-refractivity contribution in [3.63, 3.8) is 0 Å². The standard InChI is InChI=1S/C8H11NO4/c1-13-8(12)6-4-9(5-10)3-2-7(6)11/h5-6H,2-4H2,1H3. The van der Waals surface area contributed by atoms with Crippen LogP contribution in [-0.2, 0) is 19.1 Å². The van der Waals surface area contributed by atoms with Crippen LogP contribution in [0.1, 0.15) is 6.42 Å². The van der Waals surface area contributed by atoms with E-state index in [0.29, 0.717) is 13.0 Å². The summed E-state index contributed by atoms with van der Waals surface area (Å²) in [5, 5.41) is 0. The number of ketones is 1. The fraction of sp³-hybridized carbons (Fsp3) is 0.625. The molecule has 0 aliphatic carbocycles. The zero-order valence-corrected chi connectivity index (χ0v) is 7.36. The Hall–Kier alpha value is -1.39. The number of esters is 1. The largest absolute Gasteiger partial charge is 0.468 e. The van der Waals surface area contributed by atoms with Gasteiger partial charge in [-0.2, -0.15) is 0 Å². The van der Waals surface area contributed by atoms with Gasteiger partial charge in [0.15, 0.2) is 5.78 Å². The van der Waals surface area contributed by atoms with E-state index in [9.17, 15) is 14.4 Å². The third kappa shape index (κ3) is 2.05. The molecule has 0 aromatic heterocycles. The Morgan fingerprint density at radius 1 is 1.69 bits per heavy atom. The SMILES string of the molecule is COC(=O)C1CN(C=O)CCC1=O. The van der Waals surface area contributed by atoms with Gasteiger partial charge in [-0.05, 0) is 0 Å². The Labute approximate surface area is 75.6 Å². The third-order valence-corrected chi connectivity index (χ3v) is 2.09. The zero-order valence-electron chi connectivity index (χ0n) is 7.36. The van der Waals surface area contributed by atoms with Gasteiger partial charge >= 0.3 is 5.97 Å². The molecule has 0 N–H and O–H groups in total. The number of nitrogens with zero attached hydrogens (tertiary/aromatic N) is 1. The molecule has 72 valence electrons. The number of amides is 1. The molecule has 0 saturated carbocycles. The highest BCUT2D eigenvalue weighted by Crippen LogP contribution is 2.12. The maximum Gasteiger partial charge on any atom is 0.318 e. The number of rotatable bonds is 2. The van der Waals surface area contributed by atoms with Crippen molar-refractivity contribution in [2.24, 2.45) is 5.92 Å². The summed E-state index contributed by atoms with van der Waals surface area (Å²) in [6.45, 7) is 0.546. The molecule has 1 aliphatic heterocycles. The lowest BCUT2D eigenvalue weighted by atomic mass is 9.97. The minimum Gasteiger partial charge on any atom is -0.468 e. The fourth-order valence-electron chi connectivity index (χ4n) is 1.30. The van der Waals surface area contributed by atoms with Crippen molar-refractivity contribution in [1.29, 1.82) is 0 Å². The second-order valence-electron chi connectivity index (χ2n) is 2.89. The van der Waals surface area contributed by atoms with Gasteiger partial charge in [0, 0.05) is 19.5 Å². The Kier molecular flexibility index (Phi) is 3.00. The smallest absolute Gasteiger partial charge is 0.318 e. The molecule has 1 amide bonds. The molecule has 1 heterocycles. The van der Waals surface area contributed by atoms with E-state index in [0.717, 1.165) is 0 Å². The van der Waals surface area contributed by atoms with Crippen LogP contribution >= 0.6 is 0 Å². The predicted molar refractivity (Wildman–Crippen MR) is 42.8 cm³/mol.